The van der Waals surface area contributed by atoms with Crippen molar-refractivity contribution < 1.29 is 22.7 Å². The molecule has 0 fully saturated rings. The average Bonchev–Trinajstić information content (AvgIpc) is 2.82. The van der Waals surface area contributed by atoms with E-state index in [1.807, 2.05) is 43.3 Å². The highest BCUT2D eigenvalue weighted by Crippen LogP contribution is 2.30. The molecule has 8 heteroatoms. The Labute approximate surface area is 195 Å². The van der Waals surface area contributed by atoms with Crippen LogP contribution in [0.3, 0.4) is 0 Å². The lowest BCUT2D eigenvalue weighted by molar-refractivity contribution is 0.0940. The van der Waals surface area contributed by atoms with Crippen molar-refractivity contribution >= 4 is 21.6 Å². The summed E-state index contributed by atoms with van der Waals surface area (Å²) >= 11 is 0. The molecule has 0 aliphatic rings. The maximum Gasteiger partial charge on any atom is 0.253 e. The van der Waals surface area contributed by atoms with E-state index in [4.69, 9.17) is 9.47 Å². The summed E-state index contributed by atoms with van der Waals surface area (Å²) in [4.78, 5) is 13.2. The van der Waals surface area contributed by atoms with Gasteiger partial charge in [-0.25, -0.2) is 8.42 Å². The van der Waals surface area contributed by atoms with E-state index in [1.165, 1.54) is 4.31 Å². The Balaban J connectivity index is 1.90. The number of carbonyl (C=O) groups is 1. The molecule has 33 heavy (non-hydrogen) atoms. The largest absolute Gasteiger partial charge is 0.493 e. The van der Waals surface area contributed by atoms with E-state index in [1.54, 1.807) is 50.6 Å². The van der Waals surface area contributed by atoms with Crippen molar-refractivity contribution in [3.05, 3.63) is 89.5 Å². The van der Waals surface area contributed by atoms with Crippen LogP contribution in [0.4, 0.5) is 5.69 Å². The molecule has 0 saturated heterocycles. The van der Waals surface area contributed by atoms with Gasteiger partial charge in [0.15, 0.2) is 11.5 Å². The Morgan fingerprint density at radius 1 is 0.939 bits per heavy atom. The first-order valence-corrected chi connectivity index (χ1v) is 12.2. The SMILES string of the molecule is COc1ccc([C@H](C)NC(=O)c2ccccc2N(Cc2ccccc2)S(C)(=O)=O)cc1OC. The van der Waals surface area contributed by atoms with E-state index in [-0.39, 0.29) is 24.1 Å². The van der Waals surface area contributed by atoms with Gasteiger partial charge in [-0.05, 0) is 42.3 Å². The van der Waals surface area contributed by atoms with Crippen molar-refractivity contribution in [1.82, 2.24) is 5.32 Å². The Morgan fingerprint density at radius 3 is 2.21 bits per heavy atom. The first-order valence-electron chi connectivity index (χ1n) is 10.4. The zero-order chi connectivity index (χ0) is 24.0. The van der Waals surface area contributed by atoms with Crippen LogP contribution in [0.15, 0.2) is 72.8 Å². The van der Waals surface area contributed by atoms with Gasteiger partial charge < -0.3 is 14.8 Å². The third kappa shape index (κ3) is 5.84. The maximum atomic E-state index is 13.2. The molecule has 0 saturated carbocycles. The summed E-state index contributed by atoms with van der Waals surface area (Å²) in [5, 5.41) is 2.96. The van der Waals surface area contributed by atoms with Crippen LogP contribution in [-0.4, -0.2) is 34.8 Å². The van der Waals surface area contributed by atoms with Crippen LogP contribution in [0.25, 0.3) is 0 Å². The normalized spacial score (nSPS) is 12.0. The van der Waals surface area contributed by atoms with Gasteiger partial charge in [0.25, 0.3) is 5.91 Å². The van der Waals surface area contributed by atoms with Crippen molar-refractivity contribution in [2.75, 3.05) is 24.8 Å². The van der Waals surface area contributed by atoms with Gasteiger partial charge in [0, 0.05) is 0 Å². The summed E-state index contributed by atoms with van der Waals surface area (Å²) in [5.41, 5.74) is 2.23. The smallest absolute Gasteiger partial charge is 0.253 e. The van der Waals surface area contributed by atoms with E-state index < -0.39 is 10.0 Å². The highest BCUT2D eigenvalue weighted by molar-refractivity contribution is 7.92. The molecule has 0 bridgehead atoms. The molecule has 0 unspecified atom stereocenters. The van der Waals surface area contributed by atoms with Gasteiger partial charge in [0.2, 0.25) is 10.0 Å². The molecule has 0 aromatic heterocycles. The number of benzene rings is 3. The van der Waals surface area contributed by atoms with Gasteiger partial charge in [-0.3, -0.25) is 9.10 Å². The first kappa shape index (κ1) is 24.1. The number of methoxy groups -OCH3 is 2. The lowest BCUT2D eigenvalue weighted by atomic mass is 10.1. The molecule has 0 radical (unpaired) electrons. The van der Waals surface area contributed by atoms with Crippen LogP contribution in [0.5, 0.6) is 11.5 Å². The van der Waals surface area contributed by atoms with Crippen molar-refractivity contribution in [2.24, 2.45) is 0 Å². The molecule has 0 aliphatic carbocycles. The molecular formula is C25H28N2O5S. The summed E-state index contributed by atoms with van der Waals surface area (Å²) in [6, 6.07) is 21.0. The molecule has 3 rings (SSSR count). The van der Waals surface area contributed by atoms with Crippen molar-refractivity contribution in [1.29, 1.82) is 0 Å². The van der Waals surface area contributed by atoms with Crippen LogP contribution in [0, 0.1) is 0 Å². The van der Waals surface area contributed by atoms with Crippen LogP contribution in [-0.2, 0) is 16.6 Å². The average molecular weight is 469 g/mol. The van der Waals surface area contributed by atoms with Crippen LogP contribution in [0.1, 0.15) is 34.5 Å². The number of anilines is 1. The highest BCUT2D eigenvalue weighted by Gasteiger charge is 2.24. The number of para-hydroxylation sites is 1. The molecule has 1 N–H and O–H groups in total. The Morgan fingerprint density at radius 2 is 1.58 bits per heavy atom. The summed E-state index contributed by atoms with van der Waals surface area (Å²) in [7, 11) is -0.539. The second kappa shape index (κ2) is 10.4. The van der Waals surface area contributed by atoms with Crippen LogP contribution >= 0.6 is 0 Å². The Kier molecular flexibility index (Phi) is 7.60. The number of nitrogens with zero attached hydrogens (tertiary/aromatic N) is 1. The number of hydrogen-bond donors (Lipinski definition) is 1. The molecule has 0 aliphatic heterocycles. The minimum atomic E-state index is -3.65. The number of hydrogen-bond acceptors (Lipinski definition) is 5. The van der Waals surface area contributed by atoms with Gasteiger partial charge >= 0.3 is 0 Å². The fourth-order valence-electron chi connectivity index (χ4n) is 3.49. The zero-order valence-corrected chi connectivity index (χ0v) is 19.9. The molecular weight excluding hydrogens is 440 g/mol. The number of ether oxygens (including phenoxy) is 2. The zero-order valence-electron chi connectivity index (χ0n) is 19.1. The van der Waals surface area contributed by atoms with E-state index in [0.29, 0.717) is 17.2 Å². The molecule has 1 atom stereocenters. The lowest BCUT2D eigenvalue weighted by Gasteiger charge is -2.25. The minimum Gasteiger partial charge on any atom is -0.493 e. The van der Waals surface area contributed by atoms with Crippen LogP contribution < -0.4 is 19.1 Å². The molecule has 3 aromatic carbocycles. The standard InChI is InChI=1S/C25H28N2O5S/c1-18(20-14-15-23(31-2)24(16-20)32-3)26-25(28)21-12-8-9-13-22(21)27(33(4,29)30)17-19-10-6-5-7-11-19/h5-16,18H,17H2,1-4H3,(H,26,28)/t18-/m0/s1. The van der Waals surface area contributed by atoms with Gasteiger partial charge in [-0.2, -0.15) is 0 Å². The predicted octanol–water partition coefficient (Wildman–Crippen LogP) is 4.16. The number of nitrogens with one attached hydrogen (secondary N) is 1. The maximum absolute atomic E-state index is 13.2. The molecule has 3 aromatic rings. The monoisotopic (exact) mass is 468 g/mol. The number of sulfonamides is 1. The summed E-state index contributed by atoms with van der Waals surface area (Å²) in [6.45, 7) is 1.97. The summed E-state index contributed by atoms with van der Waals surface area (Å²) in [6.07, 6.45) is 1.14. The summed E-state index contributed by atoms with van der Waals surface area (Å²) in [5.74, 6) is 0.770. The molecule has 7 nitrogen and oxygen atoms in total. The second-order valence-electron chi connectivity index (χ2n) is 7.58. The first-order chi connectivity index (χ1) is 15.7. The van der Waals surface area contributed by atoms with Gasteiger partial charge in [0.1, 0.15) is 0 Å². The van der Waals surface area contributed by atoms with E-state index >= 15 is 0 Å². The second-order valence-corrected chi connectivity index (χ2v) is 9.49. The molecule has 0 heterocycles. The van der Waals surface area contributed by atoms with Gasteiger partial charge in [-0.15, -0.1) is 0 Å². The fraction of sp³-hybridized carbons (Fsp3) is 0.240. The minimum absolute atomic E-state index is 0.120. The topological polar surface area (TPSA) is 84.9 Å². The van der Waals surface area contributed by atoms with Crippen molar-refractivity contribution in [3.8, 4) is 11.5 Å². The number of amides is 1. The van der Waals surface area contributed by atoms with Crippen molar-refractivity contribution in [2.45, 2.75) is 19.5 Å². The van der Waals surface area contributed by atoms with Crippen molar-refractivity contribution in [3.63, 3.8) is 0 Å². The molecule has 1 amide bonds. The quantitative estimate of drug-likeness (QED) is 0.510. The van der Waals surface area contributed by atoms with E-state index in [9.17, 15) is 13.2 Å². The lowest BCUT2D eigenvalue weighted by Crippen LogP contribution is -2.33. The Bertz CT molecular complexity index is 1210. The van der Waals surface area contributed by atoms with E-state index in [0.717, 1.165) is 17.4 Å². The van der Waals surface area contributed by atoms with Crippen LogP contribution in [0.2, 0.25) is 0 Å². The van der Waals surface area contributed by atoms with E-state index in [2.05, 4.69) is 5.32 Å². The third-order valence-electron chi connectivity index (χ3n) is 5.24. The highest BCUT2D eigenvalue weighted by atomic mass is 32.2. The number of rotatable bonds is 9. The number of carbonyl (C=O) groups excluding carboxylic acids is 1. The van der Waals surface area contributed by atoms with Gasteiger partial charge in [0.05, 0.1) is 44.3 Å². The molecule has 174 valence electrons. The molecule has 0 spiro atoms. The summed E-state index contributed by atoms with van der Waals surface area (Å²) < 4.78 is 37.2. The van der Waals surface area contributed by atoms with Gasteiger partial charge in [-0.1, -0.05) is 48.5 Å². The predicted molar refractivity (Wildman–Crippen MR) is 129 cm³/mol. The fourth-order valence-corrected chi connectivity index (χ4v) is 4.39. The Hall–Kier alpha value is -3.52. The third-order valence-corrected chi connectivity index (χ3v) is 6.37.